The summed E-state index contributed by atoms with van der Waals surface area (Å²) in [5.41, 5.74) is 0. The summed E-state index contributed by atoms with van der Waals surface area (Å²) in [4.78, 5) is 3.69. The molecular weight excluding hydrogens is 92.1 g/mol. The predicted molar refractivity (Wildman–Crippen MR) is 30.2 cm³/mol. The number of rotatable bonds is 2. The van der Waals surface area contributed by atoms with Crippen LogP contribution in [0.1, 0.15) is 27.2 Å². The Morgan fingerprint density at radius 1 is 1.43 bits per heavy atom. The van der Waals surface area contributed by atoms with Crippen LogP contribution in [0, 0.1) is 0 Å². The maximum atomic E-state index is 7.57. The van der Waals surface area contributed by atoms with Crippen LogP contribution >= 0.6 is 0 Å². The van der Waals surface area contributed by atoms with E-state index in [-0.39, 0.29) is 0 Å². The van der Waals surface area contributed by atoms with E-state index in [1.807, 2.05) is 20.8 Å². The quantitative estimate of drug-likeness (QED) is 0.430. The van der Waals surface area contributed by atoms with Gasteiger partial charge < -0.3 is 0 Å². The van der Waals surface area contributed by atoms with Crippen LogP contribution in [0.4, 0.5) is 0 Å². The number of hydrogen-bond donors (Lipinski definition) is 1. The summed E-state index contributed by atoms with van der Waals surface area (Å²) in [6.07, 6.45) is 0.872. The van der Waals surface area contributed by atoms with E-state index in [0.717, 1.165) is 6.42 Å². The predicted octanol–water partition coefficient (Wildman–Crippen LogP) is 1.91. The minimum absolute atomic E-state index is 0.444. The molecule has 2 heteroatoms. The van der Waals surface area contributed by atoms with Gasteiger partial charge in [0.15, 0.2) is 0 Å². The van der Waals surface area contributed by atoms with Crippen molar-refractivity contribution in [3.8, 4) is 0 Å². The lowest BCUT2D eigenvalue weighted by Gasteiger charge is -1.81. The van der Waals surface area contributed by atoms with Gasteiger partial charge in [0.1, 0.15) is 0 Å². The molecule has 0 aromatic carbocycles. The van der Waals surface area contributed by atoms with Gasteiger partial charge in [0.05, 0.1) is 6.61 Å². The monoisotopic (exact) mass is 106 g/mol. The zero-order valence-corrected chi connectivity index (χ0v) is 5.27. The van der Waals surface area contributed by atoms with E-state index in [1.165, 1.54) is 0 Å². The highest BCUT2D eigenvalue weighted by Gasteiger charge is 1.68. The summed E-state index contributed by atoms with van der Waals surface area (Å²) in [5, 5.41) is 7.57. The largest absolute Gasteiger partial charge is 0.252 e. The normalized spacial score (nSPS) is 6.86. The van der Waals surface area contributed by atoms with Gasteiger partial charge >= 0.3 is 0 Å². The summed E-state index contributed by atoms with van der Waals surface area (Å²) in [5.74, 6) is 0. The Labute approximate surface area is 45.0 Å². The van der Waals surface area contributed by atoms with Crippen molar-refractivity contribution >= 4 is 0 Å². The Bertz CT molecular complexity index is 13.6. The molecule has 0 rings (SSSR count). The average Bonchev–Trinajstić information content (AvgIpc) is 1.75. The van der Waals surface area contributed by atoms with Gasteiger partial charge in [0.2, 0.25) is 0 Å². The van der Waals surface area contributed by atoms with Crippen molar-refractivity contribution in [2.45, 2.75) is 27.2 Å². The van der Waals surface area contributed by atoms with Crippen LogP contribution in [0.2, 0.25) is 0 Å². The van der Waals surface area contributed by atoms with Gasteiger partial charge in [-0.25, -0.2) is 4.89 Å². The molecule has 0 saturated carbocycles. The Balaban J connectivity index is 0. The standard InChI is InChI=1S/C3H8O2.C2H6/c1-2-3-5-4;1-2/h4H,2-3H2,1H3;1-2H3. The summed E-state index contributed by atoms with van der Waals surface area (Å²) in [6.45, 7) is 6.37. The fourth-order valence-corrected chi connectivity index (χ4v) is 0.0913. The molecule has 0 saturated heterocycles. The van der Waals surface area contributed by atoms with E-state index in [9.17, 15) is 0 Å². The van der Waals surface area contributed by atoms with Crippen molar-refractivity contribution in [1.82, 2.24) is 0 Å². The van der Waals surface area contributed by atoms with Crippen LogP contribution in [0.15, 0.2) is 0 Å². The minimum atomic E-state index is 0.444. The van der Waals surface area contributed by atoms with E-state index >= 15 is 0 Å². The zero-order chi connectivity index (χ0) is 6.12. The van der Waals surface area contributed by atoms with E-state index in [2.05, 4.69) is 4.89 Å². The lowest BCUT2D eigenvalue weighted by molar-refractivity contribution is -0.241. The third-order valence-electron chi connectivity index (χ3n) is 0.295. The summed E-state index contributed by atoms with van der Waals surface area (Å²) in [7, 11) is 0. The van der Waals surface area contributed by atoms with Gasteiger partial charge in [0, 0.05) is 0 Å². The molecule has 0 bridgehead atoms. The lowest BCUT2D eigenvalue weighted by atomic mass is 10.5. The van der Waals surface area contributed by atoms with Crippen molar-refractivity contribution in [1.29, 1.82) is 0 Å². The Kier molecular flexibility index (Phi) is 24.1. The Morgan fingerprint density at radius 2 is 1.86 bits per heavy atom. The molecule has 46 valence electrons. The molecule has 0 aliphatic rings. The molecule has 1 N–H and O–H groups in total. The molecule has 0 fully saturated rings. The molecule has 0 radical (unpaired) electrons. The average molecular weight is 106 g/mol. The van der Waals surface area contributed by atoms with E-state index in [1.54, 1.807) is 0 Å². The maximum absolute atomic E-state index is 7.57. The topological polar surface area (TPSA) is 29.5 Å². The van der Waals surface area contributed by atoms with Gasteiger partial charge in [-0.15, -0.1) is 0 Å². The van der Waals surface area contributed by atoms with Crippen molar-refractivity contribution in [2.24, 2.45) is 0 Å². The second kappa shape index (κ2) is 16.8. The first-order valence-corrected chi connectivity index (χ1v) is 2.68. The molecule has 0 aromatic rings. The molecular formula is C5H14O2. The van der Waals surface area contributed by atoms with Crippen LogP contribution < -0.4 is 0 Å². The van der Waals surface area contributed by atoms with Crippen LogP contribution in [-0.2, 0) is 4.89 Å². The summed E-state index contributed by atoms with van der Waals surface area (Å²) in [6, 6.07) is 0. The van der Waals surface area contributed by atoms with Gasteiger partial charge in [-0.3, -0.25) is 5.26 Å². The highest BCUT2D eigenvalue weighted by atomic mass is 17.1. The fraction of sp³-hybridized carbons (Fsp3) is 1.00. The van der Waals surface area contributed by atoms with Crippen LogP contribution in [0.5, 0.6) is 0 Å². The third-order valence-corrected chi connectivity index (χ3v) is 0.295. The first-order chi connectivity index (χ1) is 3.41. The van der Waals surface area contributed by atoms with E-state index in [0.29, 0.717) is 6.61 Å². The maximum Gasteiger partial charge on any atom is 0.0817 e. The van der Waals surface area contributed by atoms with Crippen molar-refractivity contribution in [3.63, 3.8) is 0 Å². The first-order valence-electron chi connectivity index (χ1n) is 2.68. The molecule has 7 heavy (non-hydrogen) atoms. The third kappa shape index (κ3) is 24.7. The van der Waals surface area contributed by atoms with E-state index < -0.39 is 0 Å². The molecule has 0 aromatic heterocycles. The van der Waals surface area contributed by atoms with Crippen LogP contribution in [0.3, 0.4) is 0 Å². The van der Waals surface area contributed by atoms with Gasteiger partial charge in [-0.2, -0.15) is 0 Å². The Hall–Kier alpha value is -0.0800. The molecule has 0 unspecified atom stereocenters. The molecule has 0 spiro atoms. The molecule has 0 amide bonds. The van der Waals surface area contributed by atoms with Crippen molar-refractivity contribution < 1.29 is 10.1 Å². The van der Waals surface area contributed by atoms with Gasteiger partial charge in [-0.05, 0) is 6.42 Å². The van der Waals surface area contributed by atoms with Crippen molar-refractivity contribution in [2.75, 3.05) is 6.61 Å². The molecule has 0 heterocycles. The second-order valence-corrected chi connectivity index (χ2v) is 0.833. The van der Waals surface area contributed by atoms with Crippen molar-refractivity contribution in [3.05, 3.63) is 0 Å². The molecule has 0 aliphatic carbocycles. The SMILES string of the molecule is CC.CCCOO. The van der Waals surface area contributed by atoms with Gasteiger partial charge in [-0.1, -0.05) is 20.8 Å². The molecule has 2 nitrogen and oxygen atoms in total. The number of hydrogen-bond acceptors (Lipinski definition) is 2. The Morgan fingerprint density at radius 3 is 1.86 bits per heavy atom. The zero-order valence-electron chi connectivity index (χ0n) is 5.27. The molecule has 0 atom stereocenters. The lowest BCUT2D eigenvalue weighted by Crippen LogP contribution is -1.81. The summed E-state index contributed by atoms with van der Waals surface area (Å²) >= 11 is 0. The highest BCUT2D eigenvalue weighted by molar-refractivity contribution is 4.12. The second-order valence-electron chi connectivity index (χ2n) is 0.833. The van der Waals surface area contributed by atoms with Crippen LogP contribution in [-0.4, -0.2) is 11.9 Å². The van der Waals surface area contributed by atoms with E-state index in [4.69, 9.17) is 5.26 Å². The fourth-order valence-electron chi connectivity index (χ4n) is 0.0913. The minimum Gasteiger partial charge on any atom is -0.252 e. The summed E-state index contributed by atoms with van der Waals surface area (Å²) < 4.78 is 0. The highest BCUT2D eigenvalue weighted by Crippen LogP contribution is 1.70. The van der Waals surface area contributed by atoms with Crippen LogP contribution in [0.25, 0.3) is 0 Å². The first kappa shape index (κ1) is 10.0. The molecule has 0 aliphatic heterocycles. The smallest absolute Gasteiger partial charge is 0.0817 e. The van der Waals surface area contributed by atoms with Gasteiger partial charge in [0.25, 0.3) is 0 Å².